The number of hydrazone groups is 1. The van der Waals surface area contributed by atoms with E-state index in [1.54, 1.807) is 13.1 Å². The van der Waals surface area contributed by atoms with E-state index in [9.17, 15) is 0 Å². The van der Waals surface area contributed by atoms with Gasteiger partial charge in [0.1, 0.15) is 0 Å². The van der Waals surface area contributed by atoms with Crippen LogP contribution in [0.25, 0.3) is 0 Å². The second-order valence-corrected chi connectivity index (χ2v) is 4.42. The van der Waals surface area contributed by atoms with Crippen LogP contribution in [0.4, 0.5) is 0 Å². The van der Waals surface area contributed by atoms with E-state index in [2.05, 4.69) is 42.8 Å². The molecule has 0 heterocycles. The summed E-state index contributed by atoms with van der Waals surface area (Å²) in [5.74, 6) is 5.81. The van der Waals surface area contributed by atoms with Crippen LogP contribution in [0.3, 0.4) is 0 Å². The van der Waals surface area contributed by atoms with Crippen LogP contribution in [-0.4, -0.2) is 31.1 Å². The Morgan fingerprint density at radius 1 is 1.44 bits per heavy atom. The summed E-state index contributed by atoms with van der Waals surface area (Å²) in [5, 5.41) is 7.22. The van der Waals surface area contributed by atoms with Crippen molar-refractivity contribution < 1.29 is 0 Å². The van der Waals surface area contributed by atoms with Gasteiger partial charge in [-0.05, 0) is 25.0 Å². The molecule has 3 N–H and O–H groups in total. The van der Waals surface area contributed by atoms with Gasteiger partial charge in [-0.1, -0.05) is 39.5 Å². The number of nitrogens with zero attached hydrogens (tertiary/aromatic N) is 2. The van der Waals surface area contributed by atoms with Gasteiger partial charge in [0.05, 0.1) is 11.4 Å². The lowest BCUT2D eigenvalue weighted by atomic mass is 9.90. The molecule has 4 heteroatoms. The first-order valence-electron chi connectivity index (χ1n) is 6.31. The van der Waals surface area contributed by atoms with Gasteiger partial charge < -0.3 is 11.2 Å². The second kappa shape index (κ2) is 8.64. The maximum absolute atomic E-state index is 5.37. The molecule has 0 bridgehead atoms. The molecule has 0 fully saturated rings. The standard InChI is InChI=1S/C14H26N4/c1-7-9-12(13(10(3)4)17-8-2)14(16-6)11(5)18-15/h7,9-10,13,17H,1,8,15H2,2-6H3/b12-9+,16-14?,18-11?. The van der Waals surface area contributed by atoms with E-state index in [0.29, 0.717) is 5.92 Å². The van der Waals surface area contributed by atoms with E-state index in [-0.39, 0.29) is 6.04 Å². The van der Waals surface area contributed by atoms with Gasteiger partial charge in [0.15, 0.2) is 0 Å². The fourth-order valence-corrected chi connectivity index (χ4v) is 1.94. The van der Waals surface area contributed by atoms with Crippen molar-refractivity contribution in [2.24, 2.45) is 21.9 Å². The van der Waals surface area contributed by atoms with Crippen molar-refractivity contribution in [3.63, 3.8) is 0 Å². The van der Waals surface area contributed by atoms with Gasteiger partial charge in [0.25, 0.3) is 0 Å². The molecule has 4 nitrogen and oxygen atoms in total. The molecule has 1 atom stereocenters. The molecule has 18 heavy (non-hydrogen) atoms. The molecule has 0 aliphatic rings. The molecule has 0 aliphatic heterocycles. The van der Waals surface area contributed by atoms with E-state index in [1.807, 2.05) is 13.0 Å². The van der Waals surface area contributed by atoms with E-state index < -0.39 is 0 Å². The monoisotopic (exact) mass is 250 g/mol. The molecule has 102 valence electrons. The minimum atomic E-state index is 0.211. The molecule has 0 aromatic rings. The zero-order valence-electron chi connectivity index (χ0n) is 12.2. The van der Waals surface area contributed by atoms with Crippen LogP contribution in [0.1, 0.15) is 27.7 Å². The SMILES string of the molecule is C=C/C=C(/C(=NC)C(C)=NN)C(NCC)C(C)C. The predicted molar refractivity (Wildman–Crippen MR) is 81.2 cm³/mol. The fraction of sp³-hybridized carbons (Fsp3) is 0.571. The molecule has 0 aliphatic carbocycles. The first kappa shape index (κ1) is 16.6. The highest BCUT2D eigenvalue weighted by atomic mass is 15.1. The summed E-state index contributed by atoms with van der Waals surface area (Å²) in [4.78, 5) is 4.31. The van der Waals surface area contributed by atoms with Gasteiger partial charge in [-0.15, -0.1) is 0 Å². The average molecular weight is 250 g/mol. The molecule has 0 amide bonds. The topological polar surface area (TPSA) is 62.8 Å². The van der Waals surface area contributed by atoms with Crippen LogP contribution in [0.15, 0.2) is 34.4 Å². The average Bonchev–Trinajstić information content (AvgIpc) is 2.35. The van der Waals surface area contributed by atoms with E-state index in [0.717, 1.165) is 23.5 Å². The highest BCUT2D eigenvalue weighted by Gasteiger charge is 2.22. The van der Waals surface area contributed by atoms with E-state index in [1.165, 1.54) is 0 Å². The Morgan fingerprint density at radius 3 is 2.39 bits per heavy atom. The molecule has 0 aromatic heterocycles. The molecule has 0 spiro atoms. The number of hydrogen-bond donors (Lipinski definition) is 2. The molecule has 1 unspecified atom stereocenters. The lowest BCUT2D eigenvalue weighted by Crippen LogP contribution is -2.39. The van der Waals surface area contributed by atoms with Crippen molar-refractivity contribution in [1.82, 2.24) is 5.32 Å². The van der Waals surface area contributed by atoms with E-state index in [4.69, 9.17) is 5.84 Å². The third kappa shape index (κ3) is 4.45. The number of rotatable bonds is 7. The van der Waals surface area contributed by atoms with Crippen molar-refractivity contribution in [1.29, 1.82) is 0 Å². The summed E-state index contributed by atoms with van der Waals surface area (Å²) in [7, 11) is 1.75. The molecule has 0 aromatic carbocycles. The second-order valence-electron chi connectivity index (χ2n) is 4.42. The van der Waals surface area contributed by atoms with Crippen LogP contribution in [0.5, 0.6) is 0 Å². The van der Waals surface area contributed by atoms with Crippen molar-refractivity contribution in [2.75, 3.05) is 13.6 Å². The van der Waals surface area contributed by atoms with Gasteiger partial charge >= 0.3 is 0 Å². The fourth-order valence-electron chi connectivity index (χ4n) is 1.94. The highest BCUT2D eigenvalue weighted by Crippen LogP contribution is 2.15. The van der Waals surface area contributed by atoms with Crippen LogP contribution < -0.4 is 11.2 Å². The van der Waals surface area contributed by atoms with Crippen molar-refractivity contribution in [3.05, 3.63) is 24.3 Å². The number of allylic oxidation sites excluding steroid dienone is 2. The third-order valence-electron chi connectivity index (χ3n) is 2.76. The number of nitrogens with two attached hydrogens (primary N) is 1. The first-order valence-corrected chi connectivity index (χ1v) is 6.31. The zero-order valence-corrected chi connectivity index (χ0v) is 12.2. The van der Waals surface area contributed by atoms with Crippen molar-refractivity contribution in [3.8, 4) is 0 Å². The molecule has 0 saturated heterocycles. The first-order chi connectivity index (χ1) is 8.53. The Labute approximate surface area is 111 Å². The van der Waals surface area contributed by atoms with Crippen LogP contribution in [0.2, 0.25) is 0 Å². The maximum atomic E-state index is 5.37. The normalized spacial score (nSPS) is 16.0. The maximum Gasteiger partial charge on any atom is 0.0848 e. The van der Waals surface area contributed by atoms with Gasteiger partial charge in [0, 0.05) is 13.1 Å². The third-order valence-corrected chi connectivity index (χ3v) is 2.76. The number of nitrogens with one attached hydrogen (secondary N) is 1. The largest absolute Gasteiger partial charge is 0.323 e. The molecular weight excluding hydrogens is 224 g/mol. The minimum Gasteiger partial charge on any atom is -0.323 e. The summed E-state index contributed by atoms with van der Waals surface area (Å²) in [6.45, 7) is 13.0. The van der Waals surface area contributed by atoms with Crippen LogP contribution >= 0.6 is 0 Å². The Morgan fingerprint density at radius 2 is 2.06 bits per heavy atom. The van der Waals surface area contributed by atoms with Crippen molar-refractivity contribution >= 4 is 11.4 Å². The summed E-state index contributed by atoms with van der Waals surface area (Å²) in [6, 6.07) is 0.211. The van der Waals surface area contributed by atoms with Crippen LogP contribution in [-0.2, 0) is 0 Å². The predicted octanol–water partition coefficient (Wildman–Crippen LogP) is 2.14. The summed E-state index contributed by atoms with van der Waals surface area (Å²) < 4.78 is 0. The summed E-state index contributed by atoms with van der Waals surface area (Å²) in [6.07, 6.45) is 3.75. The Kier molecular flexibility index (Phi) is 7.96. The van der Waals surface area contributed by atoms with Gasteiger partial charge in [-0.2, -0.15) is 5.10 Å². The van der Waals surface area contributed by atoms with Crippen LogP contribution in [0, 0.1) is 5.92 Å². The summed E-state index contributed by atoms with van der Waals surface area (Å²) >= 11 is 0. The quantitative estimate of drug-likeness (QED) is 0.315. The smallest absolute Gasteiger partial charge is 0.0848 e. The number of aliphatic imine (C=N–C) groups is 1. The van der Waals surface area contributed by atoms with Gasteiger partial charge in [-0.3, -0.25) is 4.99 Å². The lowest BCUT2D eigenvalue weighted by Gasteiger charge is -2.25. The molecule has 0 rings (SSSR count). The van der Waals surface area contributed by atoms with Gasteiger partial charge in [0.2, 0.25) is 0 Å². The Hall–Kier alpha value is -1.42. The molecular formula is C14H26N4. The summed E-state index contributed by atoms with van der Waals surface area (Å²) in [5.41, 5.74) is 2.64. The van der Waals surface area contributed by atoms with E-state index >= 15 is 0 Å². The Balaban J connectivity index is 5.54. The number of likely N-dealkylation sites (N-methyl/N-ethyl adjacent to an activating group) is 1. The number of hydrogen-bond acceptors (Lipinski definition) is 4. The minimum absolute atomic E-state index is 0.211. The molecule has 0 saturated carbocycles. The zero-order chi connectivity index (χ0) is 14.1. The van der Waals surface area contributed by atoms with Crippen molar-refractivity contribution in [2.45, 2.75) is 33.7 Å². The highest BCUT2D eigenvalue weighted by molar-refractivity contribution is 6.47. The Bertz CT molecular complexity index is 351. The lowest BCUT2D eigenvalue weighted by molar-refractivity contribution is 0.466. The van der Waals surface area contributed by atoms with Gasteiger partial charge in [-0.25, -0.2) is 0 Å². The molecule has 0 radical (unpaired) electrons.